The van der Waals surface area contributed by atoms with Crippen LogP contribution in [-0.4, -0.2) is 36.4 Å². The van der Waals surface area contributed by atoms with Crippen molar-refractivity contribution in [3.8, 4) is 27.8 Å². The topological polar surface area (TPSA) is 86.8 Å². The monoisotopic (exact) mass is 510 g/mol. The average Bonchev–Trinajstić information content (AvgIpc) is 3.50. The summed E-state index contributed by atoms with van der Waals surface area (Å²) in [6, 6.07) is 9.63. The predicted molar refractivity (Wildman–Crippen MR) is 134 cm³/mol. The Balaban J connectivity index is 1.39. The second-order valence-electron chi connectivity index (χ2n) is 8.50. The molecule has 0 saturated heterocycles. The van der Waals surface area contributed by atoms with Crippen LogP contribution in [0.2, 0.25) is 5.02 Å². The van der Waals surface area contributed by atoms with Gasteiger partial charge < -0.3 is 19.5 Å². The molecule has 9 heteroatoms. The zero-order valence-electron chi connectivity index (χ0n) is 19.4. The number of carbonyl (C=O) groups excluding carboxylic acids is 2. The summed E-state index contributed by atoms with van der Waals surface area (Å²) < 4.78 is 16.8. The van der Waals surface area contributed by atoms with Gasteiger partial charge in [0.05, 0.1) is 14.2 Å². The molecule has 0 bridgehead atoms. The smallest absolute Gasteiger partial charge is 0.236 e. The van der Waals surface area contributed by atoms with Crippen LogP contribution in [0.25, 0.3) is 10.6 Å². The number of Topliss-reactive ketones (excluding diaryl/α,β-unsaturated/α-hetero) is 1. The van der Waals surface area contributed by atoms with E-state index < -0.39 is 23.1 Å². The number of hydrogen-bond acceptors (Lipinski definition) is 8. The molecule has 1 aliphatic carbocycles. The minimum Gasteiger partial charge on any atom is -0.496 e. The number of nitrogens with one attached hydrogen (secondary N) is 1. The Hall–Kier alpha value is -3.36. The highest BCUT2D eigenvalue weighted by Gasteiger charge is 2.60. The van der Waals surface area contributed by atoms with Crippen LogP contribution in [0, 0.1) is 5.92 Å². The molecule has 2 aliphatic rings. The molecule has 3 aromatic rings. The number of benzene rings is 2. The molecule has 35 heavy (non-hydrogen) atoms. The van der Waals surface area contributed by atoms with Crippen molar-refractivity contribution in [1.82, 2.24) is 10.3 Å². The van der Waals surface area contributed by atoms with E-state index in [1.165, 1.54) is 26.4 Å². The first-order chi connectivity index (χ1) is 16.9. The van der Waals surface area contributed by atoms with Crippen molar-refractivity contribution in [2.45, 2.75) is 25.5 Å². The maximum atomic E-state index is 13.6. The fourth-order valence-corrected chi connectivity index (χ4v) is 5.55. The van der Waals surface area contributed by atoms with Gasteiger partial charge in [-0.3, -0.25) is 9.59 Å². The average molecular weight is 511 g/mol. The van der Waals surface area contributed by atoms with Gasteiger partial charge in [-0.2, -0.15) is 0 Å². The molecule has 1 aromatic heterocycles. The molecule has 1 N–H and O–H groups in total. The van der Waals surface area contributed by atoms with E-state index in [1.807, 2.05) is 30.5 Å². The van der Waals surface area contributed by atoms with E-state index in [4.69, 9.17) is 25.8 Å². The van der Waals surface area contributed by atoms with E-state index in [2.05, 4.69) is 16.4 Å². The molecule has 5 rings (SSSR count). The van der Waals surface area contributed by atoms with Crippen molar-refractivity contribution in [3.63, 3.8) is 0 Å². The lowest BCUT2D eigenvalue weighted by Crippen LogP contribution is -2.55. The molecule has 0 fully saturated rings. The summed E-state index contributed by atoms with van der Waals surface area (Å²) in [5, 5.41) is 6.39. The van der Waals surface area contributed by atoms with Crippen LogP contribution in [0.3, 0.4) is 0 Å². The molecule has 180 valence electrons. The number of ether oxygens (including phenoxy) is 3. The number of methoxy groups -OCH3 is 2. The molecular formula is C26H23ClN2O5S. The number of ketones is 2. The Morgan fingerprint density at radius 2 is 2.03 bits per heavy atom. The molecule has 1 aliphatic heterocycles. The first kappa shape index (κ1) is 23.4. The van der Waals surface area contributed by atoms with Crippen LogP contribution in [0.15, 0.2) is 53.7 Å². The maximum Gasteiger partial charge on any atom is 0.236 e. The SMILES string of the molecule is COc1cc(OC)c2c(c1Cl)O[C@@]1(C(=O)C=C(NCc3cccc(-c4nccs4)c3)C[C@H]1C)C2=O. The molecule has 0 amide bonds. The van der Waals surface area contributed by atoms with Gasteiger partial charge in [0.25, 0.3) is 0 Å². The summed E-state index contributed by atoms with van der Waals surface area (Å²) in [7, 11) is 2.90. The number of fused-ring (bicyclic) bond motifs is 1. The van der Waals surface area contributed by atoms with Gasteiger partial charge in [0, 0.05) is 47.4 Å². The Kier molecular flexibility index (Phi) is 6.02. The van der Waals surface area contributed by atoms with Crippen molar-refractivity contribution in [2.75, 3.05) is 14.2 Å². The van der Waals surface area contributed by atoms with Crippen LogP contribution in [0.1, 0.15) is 29.3 Å². The Labute approximate surface area is 211 Å². The van der Waals surface area contributed by atoms with Crippen molar-refractivity contribution in [1.29, 1.82) is 0 Å². The third-order valence-electron chi connectivity index (χ3n) is 6.44. The number of carbonyl (C=O) groups is 2. The molecule has 2 atom stereocenters. The molecule has 0 unspecified atom stereocenters. The van der Waals surface area contributed by atoms with Gasteiger partial charge in [-0.25, -0.2) is 4.98 Å². The summed E-state index contributed by atoms with van der Waals surface area (Å²) in [5.41, 5.74) is 1.34. The fourth-order valence-electron chi connectivity index (χ4n) is 4.65. The second kappa shape index (κ2) is 9.02. The summed E-state index contributed by atoms with van der Waals surface area (Å²) in [4.78, 5) is 31.4. The number of nitrogens with zero attached hydrogens (tertiary/aromatic N) is 1. The largest absolute Gasteiger partial charge is 0.496 e. The highest BCUT2D eigenvalue weighted by Crippen LogP contribution is 2.52. The van der Waals surface area contributed by atoms with Gasteiger partial charge in [0.1, 0.15) is 27.1 Å². The van der Waals surface area contributed by atoms with E-state index in [0.717, 1.165) is 21.8 Å². The lowest BCUT2D eigenvalue weighted by Gasteiger charge is -2.35. The van der Waals surface area contributed by atoms with Crippen LogP contribution >= 0.6 is 22.9 Å². The minimum atomic E-state index is -1.68. The summed E-state index contributed by atoms with van der Waals surface area (Å²) in [5.74, 6) is -0.615. The van der Waals surface area contributed by atoms with Gasteiger partial charge in [-0.05, 0) is 18.1 Å². The van der Waals surface area contributed by atoms with E-state index in [9.17, 15) is 9.59 Å². The van der Waals surface area contributed by atoms with Crippen molar-refractivity contribution < 1.29 is 23.8 Å². The second-order valence-corrected chi connectivity index (χ2v) is 9.77. The number of rotatable bonds is 6. The fraction of sp³-hybridized carbons (Fsp3) is 0.269. The first-order valence-electron chi connectivity index (χ1n) is 11.0. The van der Waals surface area contributed by atoms with Gasteiger partial charge in [-0.15, -0.1) is 11.3 Å². The van der Waals surface area contributed by atoms with E-state index in [1.54, 1.807) is 17.5 Å². The number of allylic oxidation sites excluding steroid dienone is 1. The van der Waals surface area contributed by atoms with E-state index in [0.29, 0.717) is 18.7 Å². The molecule has 2 heterocycles. The first-order valence-corrected chi connectivity index (χ1v) is 12.3. The van der Waals surface area contributed by atoms with Crippen LogP contribution in [-0.2, 0) is 11.3 Å². The third kappa shape index (κ3) is 3.77. The summed E-state index contributed by atoms with van der Waals surface area (Å²) in [6.45, 7) is 2.36. The van der Waals surface area contributed by atoms with Gasteiger partial charge in [-0.1, -0.05) is 36.7 Å². The summed E-state index contributed by atoms with van der Waals surface area (Å²) >= 11 is 8.03. The highest BCUT2D eigenvalue weighted by molar-refractivity contribution is 7.13. The van der Waals surface area contributed by atoms with Gasteiger partial charge >= 0.3 is 0 Å². The predicted octanol–water partition coefficient (Wildman–Crippen LogP) is 5.08. The molecule has 1 spiro atoms. The quantitative estimate of drug-likeness (QED) is 0.463. The lowest BCUT2D eigenvalue weighted by atomic mass is 9.74. The molecule has 0 saturated carbocycles. The van der Waals surface area contributed by atoms with Crippen LogP contribution in [0.5, 0.6) is 17.2 Å². The third-order valence-corrected chi connectivity index (χ3v) is 7.62. The Morgan fingerprint density at radius 1 is 1.23 bits per heavy atom. The zero-order chi connectivity index (χ0) is 24.7. The summed E-state index contributed by atoms with van der Waals surface area (Å²) in [6.07, 6.45) is 3.70. The number of hydrogen-bond donors (Lipinski definition) is 1. The van der Waals surface area contributed by atoms with Gasteiger partial charge in [0.2, 0.25) is 17.2 Å². The molecule has 0 radical (unpaired) electrons. The molecule has 7 nitrogen and oxygen atoms in total. The Bertz CT molecular complexity index is 1350. The van der Waals surface area contributed by atoms with E-state index in [-0.39, 0.29) is 22.1 Å². The maximum absolute atomic E-state index is 13.6. The number of thiazole rings is 1. The molecule has 2 aromatic carbocycles. The zero-order valence-corrected chi connectivity index (χ0v) is 21.0. The standard InChI is InChI=1S/C26H23ClN2O5S/c1-14-9-17(29-13-15-5-4-6-16(10-15)25-28-7-8-35-25)11-20(30)26(14)24(31)21-18(32-2)12-19(33-3)22(27)23(21)34-26/h4-8,10-12,14,29H,9,13H2,1-3H3/t14-,26+/m1/s1. The van der Waals surface area contributed by atoms with Crippen LogP contribution < -0.4 is 19.5 Å². The lowest BCUT2D eigenvalue weighted by molar-refractivity contribution is -0.129. The Morgan fingerprint density at radius 3 is 2.71 bits per heavy atom. The van der Waals surface area contributed by atoms with Crippen molar-refractivity contribution >= 4 is 34.5 Å². The van der Waals surface area contributed by atoms with Crippen molar-refractivity contribution in [3.05, 3.63) is 69.8 Å². The number of halogens is 1. The van der Waals surface area contributed by atoms with Crippen molar-refractivity contribution in [2.24, 2.45) is 5.92 Å². The minimum absolute atomic E-state index is 0.122. The normalized spacial score (nSPS) is 20.9. The van der Waals surface area contributed by atoms with E-state index >= 15 is 0 Å². The number of aromatic nitrogens is 1. The van der Waals surface area contributed by atoms with Crippen LogP contribution in [0.4, 0.5) is 0 Å². The highest BCUT2D eigenvalue weighted by atomic mass is 35.5. The molecular weight excluding hydrogens is 488 g/mol. The van der Waals surface area contributed by atoms with Gasteiger partial charge in [0.15, 0.2) is 5.75 Å².